The molecule has 4 atom stereocenters. The van der Waals surface area contributed by atoms with Gasteiger partial charge in [0.05, 0.1) is 38.3 Å². The minimum atomic E-state index is -0.935. The molecule has 2 heterocycles. The lowest BCUT2D eigenvalue weighted by Crippen LogP contribution is -2.38. The molecule has 8 nitrogen and oxygen atoms in total. The monoisotopic (exact) mass is 561 g/mol. The Hall–Kier alpha value is -2.49. The van der Waals surface area contributed by atoms with Crippen LogP contribution >= 0.6 is 15.9 Å². The van der Waals surface area contributed by atoms with Crippen molar-refractivity contribution >= 4 is 39.9 Å². The fraction of sp³-hybridized carbons (Fsp3) is 0.519. The Labute approximate surface area is 219 Å². The maximum absolute atomic E-state index is 13.1. The van der Waals surface area contributed by atoms with Crippen LogP contribution in [0.3, 0.4) is 0 Å². The van der Waals surface area contributed by atoms with Crippen molar-refractivity contribution in [1.29, 1.82) is 0 Å². The van der Waals surface area contributed by atoms with E-state index in [0.717, 1.165) is 47.6 Å². The van der Waals surface area contributed by atoms with Gasteiger partial charge in [0, 0.05) is 23.1 Å². The summed E-state index contributed by atoms with van der Waals surface area (Å²) in [5.74, 6) is -2.27. The largest absolute Gasteiger partial charge is 0.507 e. The maximum Gasteiger partial charge on any atom is 0.423 e. The predicted molar refractivity (Wildman–Crippen MR) is 136 cm³/mol. The van der Waals surface area contributed by atoms with Crippen molar-refractivity contribution < 1.29 is 33.7 Å². The van der Waals surface area contributed by atoms with E-state index in [4.69, 9.17) is 9.47 Å². The highest BCUT2D eigenvalue weighted by Crippen LogP contribution is 2.50. The molecule has 0 bridgehead atoms. The number of phenols is 1. The highest BCUT2D eigenvalue weighted by Gasteiger charge is 2.58. The van der Waals surface area contributed by atoms with Gasteiger partial charge in [0.1, 0.15) is 5.75 Å². The lowest BCUT2D eigenvalue weighted by atomic mass is 9.69. The first-order valence-corrected chi connectivity index (χ1v) is 13.1. The lowest BCUT2D eigenvalue weighted by Gasteiger charge is -2.31. The summed E-state index contributed by atoms with van der Waals surface area (Å²) < 4.78 is 17.3. The average Bonchev–Trinajstić information content (AvgIpc) is 3.38. The van der Waals surface area contributed by atoms with Crippen molar-refractivity contribution in [3.63, 3.8) is 0 Å². The molecule has 3 amide bonds. The molecule has 0 aromatic heterocycles. The number of halogens is 1. The van der Waals surface area contributed by atoms with Gasteiger partial charge in [0.15, 0.2) is 0 Å². The van der Waals surface area contributed by atoms with Crippen LogP contribution in [-0.2, 0) is 23.8 Å². The number of amides is 3. The smallest absolute Gasteiger partial charge is 0.423 e. The highest BCUT2D eigenvalue weighted by atomic mass is 79.9. The van der Waals surface area contributed by atoms with Crippen LogP contribution < -0.4 is 0 Å². The number of methoxy groups -OCH3 is 2. The van der Waals surface area contributed by atoms with E-state index < -0.39 is 29.7 Å². The summed E-state index contributed by atoms with van der Waals surface area (Å²) in [4.78, 5) is 38.9. The third kappa shape index (κ3) is 5.01. The summed E-state index contributed by atoms with van der Waals surface area (Å²) in [6.07, 6.45) is 4.59. The van der Waals surface area contributed by atoms with Crippen LogP contribution in [0.5, 0.6) is 5.75 Å². The molecule has 1 N–H and O–H groups in total. The van der Waals surface area contributed by atoms with E-state index in [-0.39, 0.29) is 17.8 Å². The molecule has 0 saturated carbocycles. The second-order valence-corrected chi connectivity index (χ2v) is 10.4. The normalized spacial score (nSPS) is 25.9. The fourth-order valence-electron chi connectivity index (χ4n) is 5.82. The van der Waals surface area contributed by atoms with Gasteiger partial charge in [-0.3, -0.25) is 9.59 Å². The number of hydrogen-bond donors (Lipinski definition) is 1. The van der Waals surface area contributed by atoms with Crippen LogP contribution in [-0.4, -0.2) is 61.5 Å². The molecule has 2 saturated heterocycles. The van der Waals surface area contributed by atoms with Crippen molar-refractivity contribution in [3.05, 3.63) is 45.0 Å². The number of aromatic hydroxyl groups is 1. The summed E-state index contributed by atoms with van der Waals surface area (Å²) in [6.45, 7) is 2.78. The van der Waals surface area contributed by atoms with Gasteiger partial charge in [-0.15, -0.1) is 0 Å². The molecule has 9 heteroatoms. The number of phenolic OH excluding ortho intramolecular Hbond substituents is 1. The number of rotatable bonds is 8. The Kier molecular flexibility index (Phi) is 8.32. The van der Waals surface area contributed by atoms with E-state index in [2.05, 4.69) is 27.6 Å². The minimum Gasteiger partial charge on any atom is -0.507 e. The second-order valence-electron chi connectivity index (χ2n) is 9.53. The Balaban J connectivity index is 1.58. The maximum atomic E-state index is 13.1. The van der Waals surface area contributed by atoms with E-state index >= 15 is 0 Å². The first-order valence-electron chi connectivity index (χ1n) is 12.3. The molecule has 0 spiro atoms. The number of allylic oxidation sites excluding steroid dienone is 1. The second kappa shape index (κ2) is 11.3. The van der Waals surface area contributed by atoms with Crippen LogP contribution in [0.25, 0.3) is 6.08 Å². The van der Waals surface area contributed by atoms with Gasteiger partial charge >= 0.3 is 6.09 Å². The minimum absolute atomic E-state index is 0.201. The SMILES string of the molecule is CCC/C(=C\c1cc(Br)ccc1O)CC[C@H]1OC[C@H]2C1=C(COC)C[C@H]1C(=O)N(C(=O)OC)C(=O)[C@H]12. The van der Waals surface area contributed by atoms with Crippen LogP contribution in [0, 0.1) is 17.8 Å². The Bertz CT molecular complexity index is 1110. The topological polar surface area (TPSA) is 102 Å². The molecule has 3 aliphatic rings. The predicted octanol–water partition coefficient (Wildman–Crippen LogP) is 4.85. The van der Waals surface area contributed by atoms with Gasteiger partial charge in [-0.05, 0) is 55.0 Å². The molecular formula is C27H32BrNO7. The summed E-state index contributed by atoms with van der Waals surface area (Å²) in [5.41, 5.74) is 3.97. The van der Waals surface area contributed by atoms with Crippen molar-refractivity contribution in [2.24, 2.45) is 17.8 Å². The zero-order valence-corrected chi connectivity index (χ0v) is 22.4. The zero-order valence-electron chi connectivity index (χ0n) is 20.8. The van der Waals surface area contributed by atoms with Gasteiger partial charge < -0.3 is 19.3 Å². The summed E-state index contributed by atoms with van der Waals surface area (Å²) >= 11 is 3.46. The molecule has 1 aliphatic carbocycles. The van der Waals surface area contributed by atoms with E-state index in [1.54, 1.807) is 19.2 Å². The van der Waals surface area contributed by atoms with Crippen LogP contribution in [0.1, 0.15) is 44.6 Å². The summed E-state index contributed by atoms with van der Waals surface area (Å²) in [6, 6.07) is 5.36. The van der Waals surface area contributed by atoms with Crippen molar-refractivity contribution in [1.82, 2.24) is 4.90 Å². The summed E-state index contributed by atoms with van der Waals surface area (Å²) in [7, 11) is 2.77. The number of ether oxygens (including phenoxy) is 3. The third-order valence-electron chi connectivity index (χ3n) is 7.33. The van der Waals surface area contributed by atoms with E-state index in [1.807, 2.05) is 12.1 Å². The summed E-state index contributed by atoms with van der Waals surface area (Å²) in [5, 5.41) is 10.3. The van der Waals surface area contributed by atoms with Gasteiger partial charge in [0.25, 0.3) is 0 Å². The zero-order chi connectivity index (χ0) is 26.0. The van der Waals surface area contributed by atoms with Crippen LogP contribution in [0.15, 0.2) is 39.4 Å². The van der Waals surface area contributed by atoms with E-state index in [9.17, 15) is 19.5 Å². The standard InChI is InChI=1S/C27H32BrNO7/c1-4-5-15(10-16-11-18(28)7-8-21(16)30)6-9-22-23-17(13-34-2)12-19-24(20(23)14-36-22)26(32)29(25(19)31)27(33)35-3/h7-8,10-11,19-20,22,24,30H,4-6,9,12-14H2,1-3H3/b15-10+/t19-,20+,22-,24-/m1/s1. The van der Waals surface area contributed by atoms with Gasteiger partial charge in [-0.25, -0.2) is 4.79 Å². The molecule has 194 valence electrons. The molecule has 0 unspecified atom stereocenters. The molecule has 2 fully saturated rings. The van der Waals surface area contributed by atoms with Crippen molar-refractivity contribution in [2.45, 2.75) is 45.1 Å². The molecule has 1 aromatic carbocycles. The number of imide groups is 3. The quantitative estimate of drug-likeness (QED) is 0.357. The lowest BCUT2D eigenvalue weighted by molar-refractivity contribution is -0.137. The average molecular weight is 562 g/mol. The highest BCUT2D eigenvalue weighted by molar-refractivity contribution is 9.10. The van der Waals surface area contributed by atoms with Crippen LogP contribution in [0.4, 0.5) is 4.79 Å². The molecule has 36 heavy (non-hydrogen) atoms. The van der Waals surface area contributed by atoms with Gasteiger partial charge in [-0.2, -0.15) is 4.90 Å². The Morgan fingerprint density at radius 2 is 2.00 bits per heavy atom. The number of carbonyl (C=O) groups excluding carboxylic acids is 3. The van der Waals surface area contributed by atoms with Gasteiger partial charge in [-0.1, -0.05) is 40.9 Å². The molecule has 4 rings (SSSR count). The van der Waals surface area contributed by atoms with Gasteiger partial charge in [0.2, 0.25) is 11.8 Å². The molecule has 2 aliphatic heterocycles. The van der Waals surface area contributed by atoms with Crippen LogP contribution in [0.2, 0.25) is 0 Å². The number of fused-ring (bicyclic) bond motifs is 3. The molecule has 1 aromatic rings. The fourth-order valence-corrected chi connectivity index (χ4v) is 6.20. The third-order valence-corrected chi connectivity index (χ3v) is 7.82. The Morgan fingerprint density at radius 1 is 1.22 bits per heavy atom. The van der Waals surface area contributed by atoms with Crippen molar-refractivity contribution in [3.8, 4) is 5.75 Å². The van der Waals surface area contributed by atoms with E-state index in [0.29, 0.717) is 31.0 Å². The number of nitrogens with zero attached hydrogens (tertiary/aromatic N) is 1. The number of hydrogen-bond acceptors (Lipinski definition) is 7. The molecular weight excluding hydrogens is 530 g/mol. The van der Waals surface area contributed by atoms with Crippen molar-refractivity contribution in [2.75, 3.05) is 27.4 Å². The first kappa shape index (κ1) is 26.6. The number of carbonyl (C=O) groups is 3. The van der Waals surface area contributed by atoms with E-state index in [1.165, 1.54) is 5.57 Å². The number of likely N-dealkylation sites (tertiary alicyclic amines) is 1. The molecule has 0 radical (unpaired) electrons. The first-order chi connectivity index (χ1) is 17.3. The Morgan fingerprint density at radius 3 is 2.69 bits per heavy atom. The number of benzene rings is 1.